The topological polar surface area (TPSA) is 94.7 Å². The molecule has 0 radical (unpaired) electrons. The lowest BCUT2D eigenvalue weighted by Gasteiger charge is -2.41. The van der Waals surface area contributed by atoms with Gasteiger partial charge in [-0.3, -0.25) is 0 Å². The average molecular weight is 425 g/mol. The number of rotatable bonds is 4. The van der Waals surface area contributed by atoms with Crippen LogP contribution in [0.4, 0.5) is 11.8 Å². The molecule has 0 saturated carbocycles. The minimum atomic E-state index is -0.335. The number of furan rings is 1. The molecule has 0 amide bonds. The highest BCUT2D eigenvalue weighted by molar-refractivity contribution is 6.30. The number of piperidine rings is 1. The van der Waals surface area contributed by atoms with Crippen LogP contribution in [0.15, 0.2) is 53.1 Å². The van der Waals surface area contributed by atoms with Crippen molar-refractivity contribution in [2.45, 2.75) is 18.4 Å². The standard InChI is InChI=1S/C21H21ClN6O2/c1-29-21(14-4-6-15(22)7-5-14)8-10-27(11-9-21)17-13-18-24-19(16-3-2-12-30-16)26-28(18)20(23)25-17/h2-7,12-13H,8-11H2,1H3,(H2,23,25). The van der Waals surface area contributed by atoms with E-state index in [9.17, 15) is 0 Å². The number of anilines is 2. The van der Waals surface area contributed by atoms with E-state index < -0.39 is 0 Å². The summed E-state index contributed by atoms with van der Waals surface area (Å²) >= 11 is 6.05. The Morgan fingerprint density at radius 2 is 1.90 bits per heavy atom. The minimum Gasteiger partial charge on any atom is -0.461 e. The summed E-state index contributed by atoms with van der Waals surface area (Å²) in [6.45, 7) is 1.55. The van der Waals surface area contributed by atoms with E-state index in [1.165, 1.54) is 4.52 Å². The molecule has 5 rings (SSSR count). The summed E-state index contributed by atoms with van der Waals surface area (Å²) in [6.07, 6.45) is 3.23. The Morgan fingerprint density at radius 1 is 1.13 bits per heavy atom. The highest BCUT2D eigenvalue weighted by Crippen LogP contribution is 2.38. The van der Waals surface area contributed by atoms with E-state index in [4.69, 9.17) is 26.5 Å². The molecule has 0 spiro atoms. The van der Waals surface area contributed by atoms with Crippen LogP contribution in [0.2, 0.25) is 5.02 Å². The molecule has 0 unspecified atom stereocenters. The van der Waals surface area contributed by atoms with Crippen LogP contribution in [-0.2, 0) is 10.3 Å². The normalized spacial score (nSPS) is 16.3. The van der Waals surface area contributed by atoms with Gasteiger partial charge < -0.3 is 19.8 Å². The monoisotopic (exact) mass is 424 g/mol. The number of nitrogens with zero attached hydrogens (tertiary/aromatic N) is 5. The van der Waals surface area contributed by atoms with Crippen LogP contribution in [0.1, 0.15) is 18.4 Å². The molecular weight excluding hydrogens is 404 g/mol. The molecule has 0 atom stereocenters. The highest BCUT2D eigenvalue weighted by atomic mass is 35.5. The molecule has 1 saturated heterocycles. The van der Waals surface area contributed by atoms with Gasteiger partial charge >= 0.3 is 0 Å². The average Bonchev–Trinajstić information content (AvgIpc) is 3.44. The van der Waals surface area contributed by atoms with Crippen molar-refractivity contribution in [1.29, 1.82) is 0 Å². The zero-order valence-corrected chi connectivity index (χ0v) is 17.2. The molecule has 0 aliphatic carbocycles. The van der Waals surface area contributed by atoms with Crippen LogP contribution in [-0.4, -0.2) is 39.8 Å². The number of fused-ring (bicyclic) bond motifs is 1. The second-order valence-corrected chi connectivity index (χ2v) is 7.78. The molecule has 1 aromatic carbocycles. The quantitative estimate of drug-likeness (QED) is 0.532. The zero-order chi connectivity index (χ0) is 20.7. The first-order chi connectivity index (χ1) is 14.6. The second-order valence-electron chi connectivity index (χ2n) is 7.35. The molecular formula is C21H21ClN6O2. The third-order valence-electron chi connectivity index (χ3n) is 5.73. The van der Waals surface area contributed by atoms with E-state index in [1.807, 2.05) is 36.4 Å². The van der Waals surface area contributed by atoms with Crippen LogP contribution in [0.25, 0.3) is 17.2 Å². The molecule has 154 valence electrons. The molecule has 0 bridgehead atoms. The Bertz CT molecular complexity index is 1160. The number of nitrogens with two attached hydrogens (primary N) is 1. The zero-order valence-electron chi connectivity index (χ0n) is 16.5. The number of nitrogen functional groups attached to an aromatic ring is 1. The molecule has 2 N–H and O–H groups in total. The highest BCUT2D eigenvalue weighted by Gasteiger charge is 2.36. The van der Waals surface area contributed by atoms with Crippen LogP contribution >= 0.6 is 11.6 Å². The van der Waals surface area contributed by atoms with Gasteiger partial charge in [-0.15, -0.1) is 5.10 Å². The van der Waals surface area contributed by atoms with Crippen LogP contribution in [0.3, 0.4) is 0 Å². The first-order valence-corrected chi connectivity index (χ1v) is 10.1. The predicted molar refractivity (Wildman–Crippen MR) is 114 cm³/mol. The Hall–Kier alpha value is -3.10. The fourth-order valence-corrected chi connectivity index (χ4v) is 4.16. The van der Waals surface area contributed by atoms with Gasteiger partial charge in [-0.25, -0.2) is 4.98 Å². The summed E-state index contributed by atoms with van der Waals surface area (Å²) in [5.74, 6) is 2.13. The molecule has 3 aromatic heterocycles. The van der Waals surface area contributed by atoms with Gasteiger partial charge in [0.05, 0.1) is 11.9 Å². The molecule has 1 fully saturated rings. The number of ether oxygens (including phenoxy) is 1. The SMILES string of the molecule is COC1(c2ccc(Cl)cc2)CCN(c2cc3nc(-c4ccco4)nn3c(N)n2)CC1. The van der Waals surface area contributed by atoms with E-state index >= 15 is 0 Å². The van der Waals surface area contributed by atoms with Crippen molar-refractivity contribution in [1.82, 2.24) is 19.6 Å². The summed E-state index contributed by atoms with van der Waals surface area (Å²) in [7, 11) is 1.76. The molecule has 9 heteroatoms. The van der Waals surface area contributed by atoms with E-state index in [0.717, 1.165) is 42.3 Å². The molecule has 4 aromatic rings. The lowest BCUT2D eigenvalue weighted by atomic mass is 9.84. The van der Waals surface area contributed by atoms with Crippen molar-refractivity contribution in [3.8, 4) is 11.6 Å². The Balaban J connectivity index is 1.41. The summed E-state index contributed by atoms with van der Waals surface area (Å²) < 4.78 is 12.9. The summed E-state index contributed by atoms with van der Waals surface area (Å²) in [6, 6.07) is 13.4. The van der Waals surface area contributed by atoms with Crippen molar-refractivity contribution in [3.05, 3.63) is 59.3 Å². The molecule has 4 heterocycles. The maximum atomic E-state index is 6.17. The maximum Gasteiger partial charge on any atom is 0.225 e. The first kappa shape index (κ1) is 18.9. The van der Waals surface area contributed by atoms with Gasteiger partial charge in [0.1, 0.15) is 5.82 Å². The van der Waals surface area contributed by atoms with Gasteiger partial charge in [0.2, 0.25) is 11.8 Å². The van der Waals surface area contributed by atoms with Gasteiger partial charge in [0.25, 0.3) is 0 Å². The molecule has 30 heavy (non-hydrogen) atoms. The largest absolute Gasteiger partial charge is 0.461 e. The van der Waals surface area contributed by atoms with E-state index in [0.29, 0.717) is 17.2 Å². The van der Waals surface area contributed by atoms with Gasteiger partial charge in [0, 0.05) is 31.3 Å². The van der Waals surface area contributed by atoms with Crippen LogP contribution in [0, 0.1) is 0 Å². The Kier molecular flexibility index (Phi) is 4.60. The Morgan fingerprint density at radius 3 is 2.57 bits per heavy atom. The summed E-state index contributed by atoms with van der Waals surface area (Å²) in [5, 5.41) is 5.12. The molecule has 1 aliphatic rings. The van der Waals surface area contributed by atoms with E-state index in [2.05, 4.69) is 20.0 Å². The molecule has 1 aliphatic heterocycles. The number of aromatic nitrogens is 4. The molecule has 8 nitrogen and oxygen atoms in total. The fourth-order valence-electron chi connectivity index (χ4n) is 4.03. The second kappa shape index (κ2) is 7.30. The lowest BCUT2D eigenvalue weighted by Crippen LogP contribution is -2.44. The van der Waals surface area contributed by atoms with Crippen molar-refractivity contribution in [2.24, 2.45) is 0 Å². The van der Waals surface area contributed by atoms with Gasteiger partial charge in [-0.05, 0) is 42.7 Å². The smallest absolute Gasteiger partial charge is 0.225 e. The minimum absolute atomic E-state index is 0.286. The third-order valence-corrected chi connectivity index (χ3v) is 5.99. The van der Waals surface area contributed by atoms with Crippen LogP contribution in [0.5, 0.6) is 0 Å². The third kappa shape index (κ3) is 3.18. The number of methoxy groups -OCH3 is 1. The number of hydrogen-bond donors (Lipinski definition) is 1. The lowest BCUT2D eigenvalue weighted by molar-refractivity contribution is -0.0347. The number of halogens is 1. The number of hydrogen-bond acceptors (Lipinski definition) is 7. The first-order valence-electron chi connectivity index (χ1n) is 9.71. The van der Waals surface area contributed by atoms with Crippen molar-refractivity contribution in [3.63, 3.8) is 0 Å². The van der Waals surface area contributed by atoms with Crippen molar-refractivity contribution in [2.75, 3.05) is 30.8 Å². The predicted octanol–water partition coefficient (Wildman–Crippen LogP) is 3.76. The van der Waals surface area contributed by atoms with Gasteiger partial charge in [-0.1, -0.05) is 23.7 Å². The van der Waals surface area contributed by atoms with Crippen LogP contribution < -0.4 is 10.6 Å². The maximum absolute atomic E-state index is 6.17. The fraction of sp³-hybridized carbons (Fsp3) is 0.286. The van der Waals surface area contributed by atoms with Gasteiger partial charge in [0.15, 0.2) is 11.4 Å². The van der Waals surface area contributed by atoms with Gasteiger partial charge in [-0.2, -0.15) is 9.50 Å². The number of benzene rings is 1. The van der Waals surface area contributed by atoms with Crippen molar-refractivity contribution < 1.29 is 9.15 Å². The van der Waals surface area contributed by atoms with E-state index in [1.54, 1.807) is 19.4 Å². The Labute approximate surface area is 178 Å². The van der Waals surface area contributed by atoms with Crippen molar-refractivity contribution >= 4 is 29.0 Å². The van der Waals surface area contributed by atoms with E-state index in [-0.39, 0.29) is 11.5 Å². The summed E-state index contributed by atoms with van der Waals surface area (Å²) in [4.78, 5) is 11.3. The summed E-state index contributed by atoms with van der Waals surface area (Å²) in [5.41, 5.74) is 7.60.